The van der Waals surface area contributed by atoms with Gasteiger partial charge in [0, 0.05) is 18.3 Å². The highest BCUT2D eigenvalue weighted by molar-refractivity contribution is 5.68. The molecule has 0 aliphatic carbocycles. The lowest BCUT2D eigenvalue weighted by atomic mass is 10.1. The van der Waals surface area contributed by atoms with Crippen LogP contribution >= 0.6 is 0 Å². The van der Waals surface area contributed by atoms with E-state index in [9.17, 15) is 4.79 Å². The van der Waals surface area contributed by atoms with Gasteiger partial charge >= 0.3 is 6.09 Å². The summed E-state index contributed by atoms with van der Waals surface area (Å²) in [6.07, 6.45) is 4.15. The van der Waals surface area contributed by atoms with Crippen molar-refractivity contribution < 1.29 is 9.53 Å². The monoisotopic (exact) mass is 253 g/mol. The number of carbonyl (C=O) groups is 1. The Morgan fingerprint density at radius 3 is 2.61 bits per heavy atom. The summed E-state index contributed by atoms with van der Waals surface area (Å²) in [4.78, 5) is 11.7. The van der Waals surface area contributed by atoms with Gasteiger partial charge in [-0.15, -0.1) is 0 Å². The zero-order valence-corrected chi connectivity index (χ0v) is 11.9. The minimum Gasteiger partial charge on any atom is -0.444 e. The molecule has 0 aliphatic rings. The van der Waals surface area contributed by atoms with Gasteiger partial charge < -0.3 is 10.1 Å². The maximum Gasteiger partial charge on any atom is 0.408 e. The molecule has 1 amide bonds. The molecule has 1 aromatic rings. The lowest BCUT2D eigenvalue weighted by molar-refractivity contribution is 0.0502. The summed E-state index contributed by atoms with van der Waals surface area (Å²) in [5.74, 6) is 0. The number of hydrogen-bond donors (Lipinski definition) is 1. The van der Waals surface area contributed by atoms with Gasteiger partial charge in [-0.3, -0.25) is 4.68 Å². The Hall–Kier alpha value is -1.52. The van der Waals surface area contributed by atoms with Gasteiger partial charge in [0.2, 0.25) is 0 Å². The number of alkyl carbamates (subject to hydrolysis) is 1. The van der Waals surface area contributed by atoms with Crippen molar-refractivity contribution in [3.05, 3.63) is 18.0 Å². The molecule has 0 saturated carbocycles. The van der Waals surface area contributed by atoms with Crippen LogP contribution in [0, 0.1) is 0 Å². The number of aromatic nitrogens is 2. The van der Waals surface area contributed by atoms with Crippen molar-refractivity contribution in [2.75, 3.05) is 0 Å². The van der Waals surface area contributed by atoms with E-state index in [1.54, 1.807) is 6.20 Å². The van der Waals surface area contributed by atoms with Crippen molar-refractivity contribution in [3.8, 4) is 0 Å². The molecule has 0 bridgehead atoms. The fourth-order valence-electron chi connectivity index (χ4n) is 1.60. The molecule has 0 saturated heterocycles. The number of hydrogen-bond acceptors (Lipinski definition) is 3. The van der Waals surface area contributed by atoms with Crippen LogP contribution in [-0.4, -0.2) is 21.5 Å². The Bertz CT molecular complexity index is 393. The first-order valence-corrected chi connectivity index (χ1v) is 6.37. The zero-order valence-electron chi connectivity index (χ0n) is 11.9. The smallest absolute Gasteiger partial charge is 0.408 e. The van der Waals surface area contributed by atoms with Crippen LogP contribution in [0.2, 0.25) is 0 Å². The Morgan fingerprint density at radius 1 is 1.50 bits per heavy atom. The van der Waals surface area contributed by atoms with Gasteiger partial charge in [0.25, 0.3) is 0 Å². The number of carbonyl (C=O) groups excluding carboxylic acids is 1. The van der Waals surface area contributed by atoms with Gasteiger partial charge in [0.15, 0.2) is 0 Å². The average Bonchev–Trinajstić information content (AvgIpc) is 2.71. The SMILES string of the molecule is CC[C@H](NC(=O)OC(C)(C)C)c1cnn(CC)c1. The minimum atomic E-state index is -0.476. The van der Waals surface area contributed by atoms with Crippen LogP contribution in [0.4, 0.5) is 4.79 Å². The van der Waals surface area contributed by atoms with Crippen LogP contribution in [0.15, 0.2) is 12.4 Å². The number of amides is 1. The van der Waals surface area contributed by atoms with Crippen LogP contribution in [-0.2, 0) is 11.3 Å². The molecule has 0 aromatic carbocycles. The predicted octanol–water partition coefficient (Wildman–Crippen LogP) is 2.88. The predicted molar refractivity (Wildman–Crippen MR) is 70.3 cm³/mol. The van der Waals surface area contributed by atoms with Crippen molar-refractivity contribution in [1.82, 2.24) is 15.1 Å². The molecular weight excluding hydrogens is 230 g/mol. The molecule has 1 atom stereocenters. The molecule has 0 radical (unpaired) electrons. The van der Waals surface area contributed by atoms with Crippen LogP contribution in [0.1, 0.15) is 52.6 Å². The molecule has 102 valence electrons. The van der Waals surface area contributed by atoms with E-state index in [0.717, 1.165) is 18.5 Å². The maximum absolute atomic E-state index is 11.7. The number of ether oxygens (including phenoxy) is 1. The quantitative estimate of drug-likeness (QED) is 0.897. The summed E-state index contributed by atoms with van der Waals surface area (Å²) < 4.78 is 7.09. The molecule has 1 N–H and O–H groups in total. The third-order valence-electron chi connectivity index (χ3n) is 2.48. The number of nitrogens with one attached hydrogen (secondary N) is 1. The first-order valence-electron chi connectivity index (χ1n) is 6.37. The lowest BCUT2D eigenvalue weighted by Gasteiger charge is -2.22. The average molecular weight is 253 g/mol. The molecule has 1 heterocycles. The van der Waals surface area contributed by atoms with Crippen LogP contribution in [0.3, 0.4) is 0 Å². The summed E-state index contributed by atoms with van der Waals surface area (Å²) in [7, 11) is 0. The van der Waals surface area contributed by atoms with Gasteiger partial charge in [-0.05, 0) is 34.1 Å². The number of nitrogens with zero attached hydrogens (tertiary/aromatic N) is 2. The second-order valence-corrected chi connectivity index (χ2v) is 5.24. The fourth-order valence-corrected chi connectivity index (χ4v) is 1.60. The van der Waals surface area contributed by atoms with Crippen molar-refractivity contribution in [3.63, 3.8) is 0 Å². The lowest BCUT2D eigenvalue weighted by Crippen LogP contribution is -2.34. The first-order chi connectivity index (χ1) is 8.35. The highest BCUT2D eigenvalue weighted by atomic mass is 16.6. The van der Waals surface area contributed by atoms with Gasteiger partial charge in [0.1, 0.15) is 5.60 Å². The fraction of sp³-hybridized carbons (Fsp3) is 0.692. The molecule has 5 heteroatoms. The molecular formula is C13H23N3O2. The Morgan fingerprint density at radius 2 is 2.17 bits per heavy atom. The molecule has 0 spiro atoms. The minimum absolute atomic E-state index is 0.0554. The van der Waals surface area contributed by atoms with E-state index in [2.05, 4.69) is 10.4 Å². The molecule has 0 fully saturated rings. The van der Waals surface area contributed by atoms with E-state index in [1.165, 1.54) is 0 Å². The van der Waals surface area contributed by atoms with E-state index in [0.29, 0.717) is 0 Å². The van der Waals surface area contributed by atoms with Gasteiger partial charge in [0.05, 0.1) is 12.2 Å². The second kappa shape index (κ2) is 5.89. The largest absolute Gasteiger partial charge is 0.444 e. The summed E-state index contributed by atoms with van der Waals surface area (Å²) in [6.45, 7) is 10.4. The van der Waals surface area contributed by atoms with E-state index < -0.39 is 11.7 Å². The summed E-state index contributed by atoms with van der Waals surface area (Å²) >= 11 is 0. The third kappa shape index (κ3) is 4.39. The van der Waals surface area contributed by atoms with Crippen molar-refractivity contribution in [1.29, 1.82) is 0 Å². The van der Waals surface area contributed by atoms with E-state index in [-0.39, 0.29) is 6.04 Å². The summed E-state index contributed by atoms with van der Waals surface area (Å²) in [6, 6.07) is -0.0554. The Balaban J connectivity index is 2.64. The topological polar surface area (TPSA) is 56.1 Å². The normalized spacial score (nSPS) is 13.2. The van der Waals surface area contributed by atoms with Gasteiger partial charge in [-0.2, -0.15) is 5.10 Å². The first kappa shape index (κ1) is 14.5. The van der Waals surface area contributed by atoms with E-state index in [1.807, 2.05) is 45.5 Å². The second-order valence-electron chi connectivity index (χ2n) is 5.24. The summed E-state index contributed by atoms with van der Waals surface area (Å²) in [5, 5.41) is 7.07. The van der Waals surface area contributed by atoms with Gasteiger partial charge in [-0.1, -0.05) is 6.92 Å². The molecule has 0 aliphatic heterocycles. The maximum atomic E-state index is 11.7. The Kier molecular flexibility index (Phi) is 4.76. The highest BCUT2D eigenvalue weighted by Gasteiger charge is 2.20. The van der Waals surface area contributed by atoms with Crippen LogP contribution in [0.5, 0.6) is 0 Å². The van der Waals surface area contributed by atoms with Crippen molar-refractivity contribution in [2.24, 2.45) is 0 Å². The highest BCUT2D eigenvalue weighted by Crippen LogP contribution is 2.17. The van der Waals surface area contributed by atoms with Crippen LogP contribution < -0.4 is 5.32 Å². The Labute approximate surface area is 109 Å². The number of aryl methyl sites for hydroxylation is 1. The van der Waals surface area contributed by atoms with E-state index >= 15 is 0 Å². The molecule has 1 aromatic heterocycles. The van der Waals surface area contributed by atoms with Crippen molar-refractivity contribution in [2.45, 2.75) is 59.2 Å². The van der Waals surface area contributed by atoms with Gasteiger partial charge in [-0.25, -0.2) is 4.79 Å². The standard InChI is InChI=1S/C13H23N3O2/c1-6-11(10-8-14-16(7-2)9-10)15-12(17)18-13(3,4)5/h8-9,11H,6-7H2,1-5H3,(H,15,17)/t11-/m0/s1. The molecule has 18 heavy (non-hydrogen) atoms. The molecule has 1 rings (SSSR count). The van der Waals surface area contributed by atoms with Crippen molar-refractivity contribution >= 4 is 6.09 Å². The molecule has 0 unspecified atom stereocenters. The summed E-state index contributed by atoms with van der Waals surface area (Å²) in [5.41, 5.74) is 0.529. The van der Waals surface area contributed by atoms with E-state index in [4.69, 9.17) is 4.74 Å². The zero-order chi connectivity index (χ0) is 13.8. The number of rotatable bonds is 4. The third-order valence-corrected chi connectivity index (χ3v) is 2.48. The van der Waals surface area contributed by atoms with Crippen LogP contribution in [0.25, 0.3) is 0 Å². The molecule has 5 nitrogen and oxygen atoms in total.